The minimum Gasteiger partial charge on any atom is -0.495 e. The molecule has 164 valence electrons. The molecule has 0 radical (unpaired) electrons. The second-order valence-electron chi connectivity index (χ2n) is 8.01. The summed E-state index contributed by atoms with van der Waals surface area (Å²) in [6.07, 6.45) is 3.32. The average Bonchev–Trinajstić information content (AvgIpc) is 3.41. The van der Waals surface area contributed by atoms with Gasteiger partial charge in [-0.3, -0.25) is 9.36 Å². The Balaban J connectivity index is 1.67. The first-order valence-electron chi connectivity index (χ1n) is 10.6. The zero-order valence-electron chi connectivity index (χ0n) is 18.4. The van der Waals surface area contributed by atoms with Crippen LogP contribution in [0.2, 0.25) is 0 Å². The van der Waals surface area contributed by atoms with Gasteiger partial charge in [-0.15, -0.1) is 21.5 Å². The number of thiophene rings is 1. The molecule has 0 spiro atoms. The maximum atomic E-state index is 13.1. The monoisotopic (exact) mass is 456 g/mol. The molecule has 8 heteroatoms. The first-order chi connectivity index (χ1) is 15.0. The number of methoxy groups -OCH3 is 1. The summed E-state index contributed by atoms with van der Waals surface area (Å²) in [5.41, 5.74) is 2.00. The van der Waals surface area contributed by atoms with Crippen molar-refractivity contribution >= 4 is 29.0 Å². The van der Waals surface area contributed by atoms with E-state index in [0.29, 0.717) is 10.9 Å². The molecular formula is C23H28N4O2S2. The number of carbonyl (C=O) groups excluding carboxylic acids is 1. The van der Waals surface area contributed by atoms with E-state index in [0.717, 1.165) is 40.5 Å². The molecule has 2 atom stereocenters. The highest BCUT2D eigenvalue weighted by Crippen LogP contribution is 2.35. The van der Waals surface area contributed by atoms with E-state index in [4.69, 9.17) is 4.74 Å². The fraction of sp³-hybridized carbons (Fsp3) is 0.435. The van der Waals surface area contributed by atoms with Crippen LogP contribution >= 0.6 is 23.1 Å². The number of rotatable bonds is 6. The summed E-state index contributed by atoms with van der Waals surface area (Å²) in [4.78, 5) is 16.1. The van der Waals surface area contributed by atoms with Crippen molar-refractivity contribution in [2.45, 2.75) is 57.3 Å². The molecule has 1 aliphatic rings. The van der Waals surface area contributed by atoms with Gasteiger partial charge in [0.1, 0.15) is 5.75 Å². The van der Waals surface area contributed by atoms with E-state index in [-0.39, 0.29) is 18.0 Å². The molecular weight excluding hydrogens is 428 g/mol. The number of ether oxygens (including phenoxy) is 1. The Morgan fingerprint density at radius 1 is 1.23 bits per heavy atom. The third kappa shape index (κ3) is 4.50. The second-order valence-corrected chi connectivity index (χ2v) is 9.90. The van der Waals surface area contributed by atoms with E-state index < -0.39 is 0 Å². The number of aromatic nitrogens is 3. The lowest BCUT2D eigenvalue weighted by Gasteiger charge is -2.39. The molecule has 6 nitrogen and oxygen atoms in total. The summed E-state index contributed by atoms with van der Waals surface area (Å²) in [5, 5.41) is 11.7. The van der Waals surface area contributed by atoms with E-state index in [1.165, 1.54) is 18.2 Å². The third-order valence-electron chi connectivity index (χ3n) is 5.76. The Bertz CT molecular complexity index is 1040. The number of aryl methyl sites for hydroxylation is 1. The van der Waals surface area contributed by atoms with Crippen LogP contribution in [0.15, 0.2) is 40.9 Å². The van der Waals surface area contributed by atoms with E-state index in [1.54, 1.807) is 18.4 Å². The fourth-order valence-corrected chi connectivity index (χ4v) is 5.75. The standard InChI is InChI=1S/C23H28N4O2S2/c1-15-10-11-19(29-4)18(13-15)27-22(20-9-6-12-30-20)24-25-23(27)31-14-21(28)26-16(2)7-5-8-17(26)3/h6,9-13,16-17H,5,7-8,14H2,1-4H3. The van der Waals surface area contributed by atoms with Crippen molar-refractivity contribution in [2.75, 3.05) is 12.9 Å². The van der Waals surface area contributed by atoms with Crippen LogP contribution in [0.5, 0.6) is 5.75 Å². The average molecular weight is 457 g/mol. The molecule has 0 saturated carbocycles. The van der Waals surface area contributed by atoms with Gasteiger partial charge < -0.3 is 9.64 Å². The molecule has 0 bridgehead atoms. The molecule has 31 heavy (non-hydrogen) atoms. The van der Waals surface area contributed by atoms with E-state index in [1.807, 2.05) is 46.0 Å². The molecule has 4 rings (SSSR count). The quantitative estimate of drug-likeness (QED) is 0.478. The van der Waals surface area contributed by atoms with Gasteiger partial charge in [0.05, 0.1) is 23.4 Å². The van der Waals surface area contributed by atoms with Gasteiger partial charge in [0.2, 0.25) is 5.91 Å². The molecule has 1 fully saturated rings. The topological polar surface area (TPSA) is 60.2 Å². The van der Waals surface area contributed by atoms with Crippen LogP contribution in [-0.4, -0.2) is 50.5 Å². The van der Waals surface area contributed by atoms with Gasteiger partial charge in [-0.05, 0) is 69.2 Å². The number of benzene rings is 1. The molecule has 1 saturated heterocycles. The van der Waals surface area contributed by atoms with Crippen LogP contribution in [0.1, 0.15) is 38.7 Å². The zero-order valence-corrected chi connectivity index (χ0v) is 20.0. The Kier molecular flexibility index (Phi) is 6.67. The molecule has 1 aromatic carbocycles. The highest BCUT2D eigenvalue weighted by Gasteiger charge is 2.29. The second kappa shape index (κ2) is 9.44. The van der Waals surface area contributed by atoms with Crippen molar-refractivity contribution in [1.29, 1.82) is 0 Å². The zero-order chi connectivity index (χ0) is 22.0. The molecule has 2 unspecified atom stereocenters. The van der Waals surface area contributed by atoms with E-state index in [9.17, 15) is 4.79 Å². The summed E-state index contributed by atoms with van der Waals surface area (Å²) in [6, 6.07) is 10.7. The highest BCUT2D eigenvalue weighted by atomic mass is 32.2. The number of nitrogens with zero attached hydrogens (tertiary/aromatic N) is 4. The number of hydrogen-bond acceptors (Lipinski definition) is 6. The third-order valence-corrected chi connectivity index (χ3v) is 7.54. The molecule has 3 aromatic rings. The number of likely N-dealkylation sites (tertiary alicyclic amines) is 1. The van der Waals surface area contributed by atoms with Crippen LogP contribution in [0.4, 0.5) is 0 Å². The Labute approximate surface area is 191 Å². The summed E-state index contributed by atoms with van der Waals surface area (Å²) in [7, 11) is 1.67. The predicted molar refractivity (Wildman–Crippen MR) is 126 cm³/mol. The summed E-state index contributed by atoms with van der Waals surface area (Å²) < 4.78 is 7.66. The minimum atomic E-state index is 0.160. The van der Waals surface area contributed by atoms with Gasteiger partial charge in [-0.1, -0.05) is 23.9 Å². The number of piperidine rings is 1. The van der Waals surface area contributed by atoms with Gasteiger partial charge in [0.15, 0.2) is 11.0 Å². The van der Waals surface area contributed by atoms with E-state index >= 15 is 0 Å². The molecule has 3 heterocycles. The van der Waals surface area contributed by atoms with Crippen LogP contribution in [-0.2, 0) is 4.79 Å². The molecule has 1 aliphatic heterocycles. The van der Waals surface area contributed by atoms with Crippen molar-refractivity contribution in [1.82, 2.24) is 19.7 Å². The lowest BCUT2D eigenvalue weighted by Crippen LogP contribution is -2.48. The van der Waals surface area contributed by atoms with Crippen LogP contribution < -0.4 is 4.74 Å². The van der Waals surface area contributed by atoms with Gasteiger partial charge in [-0.2, -0.15) is 0 Å². The van der Waals surface area contributed by atoms with Crippen molar-refractivity contribution in [3.05, 3.63) is 41.3 Å². The normalized spacial score (nSPS) is 18.9. The van der Waals surface area contributed by atoms with E-state index in [2.05, 4.69) is 30.1 Å². The maximum Gasteiger partial charge on any atom is 0.233 e. The van der Waals surface area contributed by atoms with Gasteiger partial charge >= 0.3 is 0 Å². The number of carbonyl (C=O) groups is 1. The maximum absolute atomic E-state index is 13.1. The Morgan fingerprint density at radius 3 is 2.68 bits per heavy atom. The predicted octanol–water partition coefficient (Wildman–Crippen LogP) is 5.19. The highest BCUT2D eigenvalue weighted by molar-refractivity contribution is 7.99. The van der Waals surface area contributed by atoms with Crippen molar-refractivity contribution in [3.63, 3.8) is 0 Å². The van der Waals surface area contributed by atoms with Gasteiger partial charge in [-0.25, -0.2) is 0 Å². The largest absolute Gasteiger partial charge is 0.495 e. The molecule has 0 N–H and O–H groups in total. The first-order valence-corrected chi connectivity index (χ1v) is 12.4. The summed E-state index contributed by atoms with van der Waals surface area (Å²) in [5.74, 6) is 2.00. The molecule has 2 aromatic heterocycles. The van der Waals surface area contributed by atoms with Crippen molar-refractivity contribution < 1.29 is 9.53 Å². The first kappa shape index (κ1) is 21.9. The smallest absolute Gasteiger partial charge is 0.233 e. The summed E-state index contributed by atoms with van der Waals surface area (Å²) >= 11 is 3.05. The van der Waals surface area contributed by atoms with Crippen LogP contribution in [0, 0.1) is 6.92 Å². The lowest BCUT2D eigenvalue weighted by molar-refractivity contribution is -0.134. The Hall–Kier alpha value is -2.32. The van der Waals surface area contributed by atoms with Gasteiger partial charge in [0, 0.05) is 12.1 Å². The minimum absolute atomic E-state index is 0.160. The number of hydrogen-bond donors (Lipinski definition) is 0. The van der Waals surface area contributed by atoms with Crippen molar-refractivity contribution in [3.8, 4) is 22.1 Å². The number of amides is 1. The Morgan fingerprint density at radius 2 is 2.00 bits per heavy atom. The fourth-order valence-electron chi connectivity index (χ4n) is 4.23. The summed E-state index contributed by atoms with van der Waals surface area (Å²) in [6.45, 7) is 6.34. The molecule has 1 amide bonds. The van der Waals surface area contributed by atoms with Crippen molar-refractivity contribution in [2.24, 2.45) is 0 Å². The van der Waals surface area contributed by atoms with Crippen LogP contribution in [0.3, 0.4) is 0 Å². The SMILES string of the molecule is COc1ccc(C)cc1-n1c(SCC(=O)N2C(C)CCCC2C)nnc1-c1cccs1. The number of thioether (sulfide) groups is 1. The molecule has 0 aliphatic carbocycles. The lowest BCUT2D eigenvalue weighted by atomic mass is 9.98. The van der Waals surface area contributed by atoms with Gasteiger partial charge in [0.25, 0.3) is 0 Å². The van der Waals surface area contributed by atoms with Crippen LogP contribution in [0.25, 0.3) is 16.4 Å².